The van der Waals surface area contributed by atoms with Crippen molar-refractivity contribution in [2.75, 3.05) is 5.43 Å². The van der Waals surface area contributed by atoms with Crippen molar-refractivity contribution < 1.29 is 9.50 Å². The molecule has 1 aliphatic carbocycles. The Bertz CT molecular complexity index is 392. The average molecular weight is 222 g/mol. The Morgan fingerprint density at radius 3 is 3.06 bits per heavy atom. The van der Waals surface area contributed by atoms with Crippen LogP contribution >= 0.6 is 0 Å². The zero-order valence-electron chi connectivity index (χ0n) is 8.99. The maximum atomic E-state index is 12.9. The Kier molecular flexibility index (Phi) is 3.51. The summed E-state index contributed by atoms with van der Waals surface area (Å²) >= 11 is 0. The molecule has 0 bridgehead atoms. The predicted octanol–water partition coefficient (Wildman–Crippen LogP) is 2.53. The third kappa shape index (κ3) is 3.03. The molecule has 86 valence electrons. The molecule has 1 aromatic carbocycles. The van der Waals surface area contributed by atoms with Crippen molar-refractivity contribution in [3.8, 4) is 0 Å². The normalized spacial score (nSPS) is 23.4. The number of halogens is 1. The number of hydrogen-bond donors (Lipinski definition) is 2. The number of benzene rings is 1. The quantitative estimate of drug-likeness (QED) is 0.755. The summed E-state index contributed by atoms with van der Waals surface area (Å²) in [7, 11) is 0. The first-order valence-corrected chi connectivity index (χ1v) is 5.49. The van der Waals surface area contributed by atoms with E-state index in [-0.39, 0.29) is 11.9 Å². The van der Waals surface area contributed by atoms with Gasteiger partial charge in [-0.1, -0.05) is 6.07 Å². The van der Waals surface area contributed by atoms with E-state index in [9.17, 15) is 9.50 Å². The van der Waals surface area contributed by atoms with Crippen molar-refractivity contribution in [3.05, 3.63) is 30.1 Å². The van der Waals surface area contributed by atoms with Crippen LogP contribution < -0.4 is 5.43 Å². The van der Waals surface area contributed by atoms with Crippen molar-refractivity contribution in [3.63, 3.8) is 0 Å². The van der Waals surface area contributed by atoms with Crippen LogP contribution in [0.25, 0.3) is 0 Å². The Morgan fingerprint density at radius 1 is 1.44 bits per heavy atom. The van der Waals surface area contributed by atoms with Gasteiger partial charge in [-0.05, 0) is 37.5 Å². The van der Waals surface area contributed by atoms with Gasteiger partial charge < -0.3 is 5.11 Å². The molecule has 0 aliphatic heterocycles. The second-order valence-corrected chi connectivity index (χ2v) is 4.05. The lowest BCUT2D eigenvalue weighted by Gasteiger charge is -2.18. The highest BCUT2D eigenvalue weighted by Gasteiger charge is 2.15. The fraction of sp³-hybridized carbons (Fsp3) is 0.417. The second kappa shape index (κ2) is 5.07. The zero-order chi connectivity index (χ0) is 11.4. The lowest BCUT2D eigenvalue weighted by atomic mass is 9.96. The third-order valence-corrected chi connectivity index (χ3v) is 2.64. The Morgan fingerprint density at radius 2 is 2.31 bits per heavy atom. The number of hydrogen-bond acceptors (Lipinski definition) is 3. The van der Waals surface area contributed by atoms with Crippen LogP contribution in [-0.2, 0) is 0 Å². The smallest absolute Gasteiger partial charge is 0.125 e. The van der Waals surface area contributed by atoms with Gasteiger partial charge in [0.2, 0.25) is 0 Å². The molecule has 1 unspecified atom stereocenters. The van der Waals surface area contributed by atoms with E-state index in [4.69, 9.17) is 0 Å². The molecule has 0 aromatic heterocycles. The monoisotopic (exact) mass is 222 g/mol. The third-order valence-electron chi connectivity index (χ3n) is 2.64. The highest BCUT2D eigenvalue weighted by molar-refractivity contribution is 5.86. The summed E-state index contributed by atoms with van der Waals surface area (Å²) in [5, 5.41) is 13.6. The minimum atomic E-state index is -0.283. The van der Waals surface area contributed by atoms with E-state index in [0.29, 0.717) is 12.1 Å². The van der Waals surface area contributed by atoms with E-state index in [2.05, 4.69) is 10.5 Å². The summed E-state index contributed by atoms with van der Waals surface area (Å²) in [4.78, 5) is 0. The first kappa shape index (κ1) is 11.1. The van der Waals surface area contributed by atoms with E-state index in [1.165, 1.54) is 12.1 Å². The van der Waals surface area contributed by atoms with Gasteiger partial charge in [0.1, 0.15) is 5.82 Å². The predicted molar refractivity (Wildman–Crippen MR) is 61.9 cm³/mol. The molecule has 0 radical (unpaired) electrons. The summed E-state index contributed by atoms with van der Waals surface area (Å²) in [5.41, 5.74) is 4.39. The molecular weight excluding hydrogens is 207 g/mol. The average Bonchev–Trinajstić information content (AvgIpc) is 2.27. The van der Waals surface area contributed by atoms with Crippen LogP contribution in [0, 0.1) is 5.82 Å². The van der Waals surface area contributed by atoms with Gasteiger partial charge in [0.25, 0.3) is 0 Å². The number of nitrogens with one attached hydrogen (secondary N) is 1. The molecule has 4 heteroatoms. The van der Waals surface area contributed by atoms with Gasteiger partial charge in [-0.15, -0.1) is 0 Å². The maximum Gasteiger partial charge on any atom is 0.125 e. The lowest BCUT2D eigenvalue weighted by Crippen LogP contribution is -2.20. The minimum Gasteiger partial charge on any atom is -0.393 e. The molecule has 1 saturated carbocycles. The van der Waals surface area contributed by atoms with Crippen molar-refractivity contribution in [2.24, 2.45) is 5.10 Å². The van der Waals surface area contributed by atoms with Gasteiger partial charge in [0.05, 0.1) is 11.8 Å². The molecule has 16 heavy (non-hydrogen) atoms. The van der Waals surface area contributed by atoms with Crippen LogP contribution in [0.4, 0.5) is 10.1 Å². The van der Waals surface area contributed by atoms with Gasteiger partial charge >= 0.3 is 0 Å². The Labute approximate surface area is 94.0 Å². The molecule has 0 heterocycles. The number of rotatable bonds is 2. The summed E-state index contributed by atoms with van der Waals surface area (Å²) in [6.07, 6.45) is 3.05. The van der Waals surface area contributed by atoms with Crippen molar-refractivity contribution in [1.29, 1.82) is 0 Å². The Hall–Kier alpha value is -1.42. The molecule has 1 atom stereocenters. The largest absolute Gasteiger partial charge is 0.393 e. The summed E-state index contributed by atoms with van der Waals surface area (Å²) in [6, 6.07) is 6.17. The Balaban J connectivity index is 1.97. The summed E-state index contributed by atoms with van der Waals surface area (Å²) in [5.74, 6) is -0.283. The highest BCUT2D eigenvalue weighted by atomic mass is 19.1. The molecule has 1 aliphatic rings. The lowest BCUT2D eigenvalue weighted by molar-refractivity contribution is 0.162. The molecule has 2 N–H and O–H groups in total. The maximum absolute atomic E-state index is 12.9. The fourth-order valence-corrected chi connectivity index (χ4v) is 1.82. The number of anilines is 1. The molecule has 2 rings (SSSR count). The molecule has 0 saturated heterocycles. The van der Waals surface area contributed by atoms with E-state index in [1.54, 1.807) is 12.1 Å². The topological polar surface area (TPSA) is 44.6 Å². The number of aliphatic hydroxyl groups is 1. The van der Waals surface area contributed by atoms with Gasteiger partial charge in [0, 0.05) is 12.1 Å². The van der Waals surface area contributed by atoms with Gasteiger partial charge in [-0.25, -0.2) is 4.39 Å². The molecular formula is C12H15FN2O. The molecule has 1 fully saturated rings. The summed E-state index contributed by atoms with van der Waals surface area (Å²) in [6.45, 7) is 0. The van der Waals surface area contributed by atoms with Crippen LogP contribution in [-0.4, -0.2) is 16.9 Å². The van der Waals surface area contributed by atoms with Crippen molar-refractivity contribution >= 4 is 11.4 Å². The van der Waals surface area contributed by atoms with Crippen LogP contribution in [0.3, 0.4) is 0 Å². The molecule has 0 spiro atoms. The summed E-state index contributed by atoms with van der Waals surface area (Å²) < 4.78 is 12.9. The number of nitrogens with zero attached hydrogens (tertiary/aromatic N) is 1. The van der Waals surface area contributed by atoms with E-state index >= 15 is 0 Å². The number of hydrazone groups is 1. The van der Waals surface area contributed by atoms with Crippen LogP contribution in [0.15, 0.2) is 29.4 Å². The first-order valence-electron chi connectivity index (χ1n) is 5.49. The van der Waals surface area contributed by atoms with Crippen molar-refractivity contribution in [1.82, 2.24) is 0 Å². The fourth-order valence-electron chi connectivity index (χ4n) is 1.82. The molecule has 1 aromatic rings. The van der Waals surface area contributed by atoms with Gasteiger partial charge in [0.15, 0.2) is 0 Å². The van der Waals surface area contributed by atoms with Crippen LogP contribution in [0.1, 0.15) is 25.7 Å². The van der Waals surface area contributed by atoms with E-state index in [1.807, 2.05) is 0 Å². The van der Waals surface area contributed by atoms with Gasteiger partial charge in [-0.3, -0.25) is 5.43 Å². The second-order valence-electron chi connectivity index (χ2n) is 4.05. The van der Waals surface area contributed by atoms with Crippen LogP contribution in [0.2, 0.25) is 0 Å². The van der Waals surface area contributed by atoms with Crippen LogP contribution in [0.5, 0.6) is 0 Å². The van der Waals surface area contributed by atoms with Crippen molar-refractivity contribution in [2.45, 2.75) is 31.8 Å². The van der Waals surface area contributed by atoms with E-state index < -0.39 is 0 Å². The highest BCUT2D eigenvalue weighted by Crippen LogP contribution is 2.16. The SMILES string of the molecule is OC1CCCC(=NNc2cccc(F)c2)C1. The standard InChI is InChI=1S/C12H15FN2O/c13-9-3-1-4-10(7-9)14-15-11-5-2-6-12(16)8-11/h1,3-4,7,12,14,16H,2,5-6,8H2. The zero-order valence-corrected chi connectivity index (χ0v) is 8.99. The van der Waals surface area contributed by atoms with E-state index in [0.717, 1.165) is 25.0 Å². The molecule has 0 amide bonds. The molecule has 3 nitrogen and oxygen atoms in total. The number of aliphatic hydroxyl groups excluding tert-OH is 1. The van der Waals surface area contributed by atoms with Gasteiger partial charge in [-0.2, -0.15) is 5.10 Å². The minimum absolute atomic E-state index is 0.276. The first-order chi connectivity index (χ1) is 7.74.